The molecule has 0 unspecified atom stereocenters. The van der Waals surface area contributed by atoms with Crippen LogP contribution in [0.2, 0.25) is 0 Å². The van der Waals surface area contributed by atoms with E-state index in [1.165, 1.54) is 24.3 Å². The molecule has 24 heavy (non-hydrogen) atoms. The number of aryl methyl sites for hydroxylation is 1. The van der Waals surface area contributed by atoms with Crippen molar-refractivity contribution < 1.29 is 9.18 Å². The van der Waals surface area contributed by atoms with Gasteiger partial charge in [0.05, 0.1) is 0 Å². The molecule has 1 heterocycles. The van der Waals surface area contributed by atoms with E-state index in [-0.39, 0.29) is 11.7 Å². The van der Waals surface area contributed by atoms with Gasteiger partial charge in [0, 0.05) is 5.69 Å². The summed E-state index contributed by atoms with van der Waals surface area (Å²) in [4.78, 5) is 12.7. The molecule has 2 aromatic carbocycles. The van der Waals surface area contributed by atoms with Gasteiger partial charge in [0.1, 0.15) is 11.7 Å². The summed E-state index contributed by atoms with van der Waals surface area (Å²) in [5.74, 6) is -0.915. The van der Waals surface area contributed by atoms with Crippen molar-refractivity contribution in [2.45, 2.75) is 19.3 Å². The van der Waals surface area contributed by atoms with Gasteiger partial charge in [0.2, 0.25) is 5.91 Å². The van der Waals surface area contributed by atoms with Gasteiger partial charge in [-0.1, -0.05) is 29.5 Å². The number of anilines is 1. The second-order valence-electron chi connectivity index (χ2n) is 5.45. The number of hydrogen-bond donors (Lipinski definition) is 2. The Hall–Kier alpha value is -3.09. The number of benzene rings is 2. The maximum atomic E-state index is 13.0. The zero-order chi connectivity index (χ0) is 16.9. The molecule has 1 atom stereocenters. The first kappa shape index (κ1) is 15.8. The number of amides is 1. The third kappa shape index (κ3) is 3.62. The number of nitrogens with one attached hydrogen (secondary N) is 2. The molecule has 0 aliphatic heterocycles. The summed E-state index contributed by atoms with van der Waals surface area (Å²) < 4.78 is 13.0. The average molecular weight is 325 g/mol. The van der Waals surface area contributed by atoms with Gasteiger partial charge in [-0.15, -0.1) is 10.2 Å². The second kappa shape index (κ2) is 6.99. The van der Waals surface area contributed by atoms with E-state index in [0.29, 0.717) is 17.9 Å². The van der Waals surface area contributed by atoms with E-state index in [4.69, 9.17) is 0 Å². The number of carbonyl (C=O) groups is 1. The Labute approximate surface area is 138 Å². The minimum atomic E-state index is -0.602. The molecule has 0 aliphatic rings. The number of carbonyl (C=O) groups excluding carboxylic acids is 1. The van der Waals surface area contributed by atoms with Crippen molar-refractivity contribution >= 4 is 11.6 Å². The number of halogens is 1. The highest BCUT2D eigenvalue weighted by Gasteiger charge is 2.26. The third-order valence-electron chi connectivity index (χ3n) is 3.79. The fourth-order valence-corrected chi connectivity index (χ4v) is 2.44. The van der Waals surface area contributed by atoms with E-state index >= 15 is 0 Å². The number of aromatic amines is 1. The van der Waals surface area contributed by atoms with Crippen molar-refractivity contribution in [3.8, 4) is 0 Å². The monoisotopic (exact) mass is 325 g/mol. The summed E-state index contributed by atoms with van der Waals surface area (Å²) >= 11 is 0. The number of H-pyrrole nitrogens is 1. The van der Waals surface area contributed by atoms with Crippen LogP contribution < -0.4 is 5.32 Å². The van der Waals surface area contributed by atoms with Gasteiger partial charge >= 0.3 is 0 Å². The molecule has 1 aromatic heterocycles. The Morgan fingerprint density at radius 1 is 1.21 bits per heavy atom. The van der Waals surface area contributed by atoms with Gasteiger partial charge in [0.25, 0.3) is 0 Å². The molecule has 0 saturated heterocycles. The highest BCUT2D eigenvalue weighted by Crippen LogP contribution is 2.22. The van der Waals surface area contributed by atoms with Crippen LogP contribution in [-0.4, -0.2) is 26.5 Å². The zero-order valence-electron chi connectivity index (χ0n) is 13.0. The standard InChI is InChI=1S/C17H16FN5O/c1-11-4-2-3-5-12(11)10-15(16-20-22-23-21-16)17(24)19-14-8-6-13(18)7-9-14/h2-9,15H,10H2,1H3,(H,19,24)(H,20,21,22,23)/t15-/m0/s1. The van der Waals surface area contributed by atoms with Crippen LogP contribution in [0, 0.1) is 12.7 Å². The summed E-state index contributed by atoms with van der Waals surface area (Å²) in [7, 11) is 0. The van der Waals surface area contributed by atoms with Crippen molar-refractivity contribution in [1.29, 1.82) is 0 Å². The minimum absolute atomic E-state index is 0.272. The zero-order valence-corrected chi connectivity index (χ0v) is 13.0. The lowest BCUT2D eigenvalue weighted by molar-refractivity contribution is -0.117. The van der Waals surface area contributed by atoms with E-state index in [9.17, 15) is 9.18 Å². The number of rotatable bonds is 5. The van der Waals surface area contributed by atoms with Crippen LogP contribution in [0.4, 0.5) is 10.1 Å². The van der Waals surface area contributed by atoms with Crippen LogP contribution in [0.25, 0.3) is 0 Å². The van der Waals surface area contributed by atoms with E-state index in [0.717, 1.165) is 11.1 Å². The summed E-state index contributed by atoms with van der Waals surface area (Å²) in [6.07, 6.45) is 0.444. The average Bonchev–Trinajstić information content (AvgIpc) is 3.10. The molecule has 0 saturated carbocycles. The second-order valence-corrected chi connectivity index (χ2v) is 5.45. The van der Waals surface area contributed by atoms with Gasteiger partial charge in [-0.25, -0.2) is 4.39 Å². The topological polar surface area (TPSA) is 83.6 Å². The number of nitrogens with zero attached hydrogens (tertiary/aromatic N) is 3. The fourth-order valence-electron chi connectivity index (χ4n) is 2.44. The molecular weight excluding hydrogens is 309 g/mol. The van der Waals surface area contributed by atoms with Crippen LogP contribution in [-0.2, 0) is 11.2 Å². The fraction of sp³-hybridized carbons (Fsp3) is 0.176. The third-order valence-corrected chi connectivity index (χ3v) is 3.79. The van der Waals surface area contributed by atoms with Crippen LogP contribution in [0.1, 0.15) is 22.9 Å². The van der Waals surface area contributed by atoms with Crippen molar-refractivity contribution in [1.82, 2.24) is 20.6 Å². The van der Waals surface area contributed by atoms with E-state index in [1.54, 1.807) is 0 Å². The van der Waals surface area contributed by atoms with Crippen LogP contribution in [0.3, 0.4) is 0 Å². The Bertz CT molecular complexity index is 817. The Morgan fingerprint density at radius 3 is 2.62 bits per heavy atom. The molecule has 0 bridgehead atoms. The van der Waals surface area contributed by atoms with Crippen LogP contribution in [0.15, 0.2) is 48.5 Å². The lowest BCUT2D eigenvalue weighted by Gasteiger charge is -2.15. The molecule has 3 aromatic rings. The van der Waals surface area contributed by atoms with Gasteiger partial charge < -0.3 is 5.32 Å². The van der Waals surface area contributed by atoms with E-state index < -0.39 is 5.92 Å². The summed E-state index contributed by atoms with van der Waals surface area (Å²) in [5, 5.41) is 16.6. The Balaban J connectivity index is 1.83. The van der Waals surface area contributed by atoms with Crippen molar-refractivity contribution in [2.24, 2.45) is 0 Å². The van der Waals surface area contributed by atoms with Crippen molar-refractivity contribution in [3.05, 3.63) is 71.3 Å². The summed E-state index contributed by atoms with van der Waals surface area (Å²) in [6, 6.07) is 13.4. The lowest BCUT2D eigenvalue weighted by Crippen LogP contribution is -2.24. The van der Waals surface area contributed by atoms with Crippen molar-refractivity contribution in [2.75, 3.05) is 5.32 Å². The molecule has 0 radical (unpaired) electrons. The van der Waals surface area contributed by atoms with E-state index in [2.05, 4.69) is 25.9 Å². The first-order valence-electron chi connectivity index (χ1n) is 7.48. The maximum absolute atomic E-state index is 13.0. The van der Waals surface area contributed by atoms with Crippen LogP contribution >= 0.6 is 0 Å². The van der Waals surface area contributed by atoms with Gasteiger partial charge in [-0.05, 0) is 48.7 Å². The number of tetrazole rings is 1. The van der Waals surface area contributed by atoms with Crippen LogP contribution in [0.5, 0.6) is 0 Å². The smallest absolute Gasteiger partial charge is 0.235 e. The molecular formula is C17H16FN5O. The normalized spacial score (nSPS) is 11.9. The molecule has 0 fully saturated rings. The summed E-state index contributed by atoms with van der Waals surface area (Å²) in [5.41, 5.74) is 2.63. The highest BCUT2D eigenvalue weighted by molar-refractivity contribution is 5.95. The Morgan fingerprint density at radius 2 is 1.96 bits per heavy atom. The molecule has 3 rings (SSSR count). The molecule has 7 heteroatoms. The van der Waals surface area contributed by atoms with Crippen molar-refractivity contribution in [3.63, 3.8) is 0 Å². The largest absolute Gasteiger partial charge is 0.325 e. The minimum Gasteiger partial charge on any atom is -0.325 e. The SMILES string of the molecule is Cc1ccccc1C[C@H](C(=O)Nc1ccc(F)cc1)c1nn[nH]n1. The number of hydrogen-bond acceptors (Lipinski definition) is 4. The van der Waals surface area contributed by atoms with Gasteiger partial charge in [-0.2, -0.15) is 5.21 Å². The summed E-state index contributed by atoms with van der Waals surface area (Å²) in [6.45, 7) is 1.99. The maximum Gasteiger partial charge on any atom is 0.235 e. The number of aromatic nitrogens is 4. The predicted octanol–water partition coefficient (Wildman–Crippen LogP) is 2.61. The molecule has 2 N–H and O–H groups in total. The van der Waals surface area contributed by atoms with Gasteiger partial charge in [-0.3, -0.25) is 4.79 Å². The predicted molar refractivity (Wildman–Crippen MR) is 86.8 cm³/mol. The first-order valence-corrected chi connectivity index (χ1v) is 7.48. The lowest BCUT2D eigenvalue weighted by atomic mass is 9.94. The molecule has 1 amide bonds. The highest BCUT2D eigenvalue weighted by atomic mass is 19.1. The molecule has 6 nitrogen and oxygen atoms in total. The Kier molecular flexibility index (Phi) is 4.60. The quantitative estimate of drug-likeness (QED) is 0.755. The van der Waals surface area contributed by atoms with E-state index in [1.807, 2.05) is 31.2 Å². The molecule has 0 aliphatic carbocycles. The van der Waals surface area contributed by atoms with Gasteiger partial charge in [0.15, 0.2) is 5.82 Å². The first-order chi connectivity index (χ1) is 11.6. The molecule has 0 spiro atoms. The molecule has 122 valence electrons.